The molecule has 0 aliphatic carbocycles. The maximum Gasteiger partial charge on any atom is 0.240 e. The van der Waals surface area contributed by atoms with Crippen LogP contribution in [0.15, 0.2) is 24.3 Å². The van der Waals surface area contributed by atoms with E-state index in [0.717, 1.165) is 20.7 Å². The highest BCUT2D eigenvalue weighted by Gasteiger charge is 2.11. The van der Waals surface area contributed by atoms with Gasteiger partial charge in [-0.05, 0) is 43.7 Å². The summed E-state index contributed by atoms with van der Waals surface area (Å²) in [5, 5.41) is 4.02. The van der Waals surface area contributed by atoms with E-state index in [-0.39, 0.29) is 5.82 Å². The van der Waals surface area contributed by atoms with E-state index in [1.54, 1.807) is 11.3 Å². The van der Waals surface area contributed by atoms with Crippen LogP contribution >= 0.6 is 11.3 Å². The Hall–Kier alpha value is -2.25. The minimum absolute atomic E-state index is 0.290. The molecule has 7 heteroatoms. The number of aromatic nitrogens is 2. The van der Waals surface area contributed by atoms with Gasteiger partial charge in [0.1, 0.15) is 16.5 Å². The number of fused-ring (bicyclic) bond motifs is 1. The van der Waals surface area contributed by atoms with Crippen LogP contribution < -0.4 is 16.6 Å². The second-order valence-electron chi connectivity index (χ2n) is 4.76. The van der Waals surface area contributed by atoms with Gasteiger partial charge < -0.3 is 5.32 Å². The maximum absolute atomic E-state index is 13.5. The molecule has 0 radical (unpaired) electrons. The minimum atomic E-state index is -0.290. The van der Waals surface area contributed by atoms with Gasteiger partial charge in [-0.1, -0.05) is 0 Å². The van der Waals surface area contributed by atoms with Crippen molar-refractivity contribution in [2.75, 3.05) is 10.7 Å². The van der Waals surface area contributed by atoms with Crippen molar-refractivity contribution >= 4 is 39.0 Å². The summed E-state index contributed by atoms with van der Waals surface area (Å²) in [5.74, 6) is 6.03. The Morgan fingerprint density at radius 3 is 2.67 bits per heavy atom. The molecule has 0 amide bonds. The summed E-state index contributed by atoms with van der Waals surface area (Å²) in [5.41, 5.74) is 3.92. The van der Waals surface area contributed by atoms with E-state index in [4.69, 9.17) is 5.84 Å². The molecule has 0 atom stereocenters. The first-order chi connectivity index (χ1) is 10.0. The van der Waals surface area contributed by atoms with Crippen LogP contribution in [0.5, 0.6) is 0 Å². The molecule has 0 bridgehead atoms. The number of benzene rings is 1. The van der Waals surface area contributed by atoms with Gasteiger partial charge in [-0.2, -0.15) is 4.98 Å². The van der Waals surface area contributed by atoms with Crippen molar-refractivity contribution in [2.45, 2.75) is 13.8 Å². The summed E-state index contributed by atoms with van der Waals surface area (Å²) < 4.78 is 13.5. The van der Waals surface area contributed by atoms with E-state index in [1.807, 2.05) is 26.0 Å². The highest BCUT2D eigenvalue weighted by atomic mass is 32.1. The molecule has 2 heterocycles. The van der Waals surface area contributed by atoms with Crippen LogP contribution in [0.25, 0.3) is 10.2 Å². The van der Waals surface area contributed by atoms with Crippen molar-refractivity contribution < 1.29 is 4.39 Å². The van der Waals surface area contributed by atoms with E-state index in [0.29, 0.717) is 17.5 Å². The fourth-order valence-corrected chi connectivity index (χ4v) is 3.03. The molecule has 0 spiro atoms. The minimum Gasteiger partial charge on any atom is -0.339 e. The summed E-state index contributed by atoms with van der Waals surface area (Å²) in [7, 11) is 0. The summed E-state index contributed by atoms with van der Waals surface area (Å²) in [4.78, 5) is 10.6. The van der Waals surface area contributed by atoms with Crippen LogP contribution in [-0.2, 0) is 0 Å². The Balaban J connectivity index is 2.10. The van der Waals surface area contributed by atoms with Gasteiger partial charge in [0.15, 0.2) is 0 Å². The number of rotatable bonds is 3. The third-order valence-corrected chi connectivity index (χ3v) is 3.89. The highest BCUT2D eigenvalue weighted by Crippen LogP contribution is 2.31. The third kappa shape index (κ3) is 2.79. The molecule has 1 aromatic carbocycles. The van der Waals surface area contributed by atoms with Crippen LogP contribution in [0.1, 0.15) is 10.4 Å². The summed E-state index contributed by atoms with van der Waals surface area (Å²) >= 11 is 1.55. The maximum atomic E-state index is 13.5. The molecule has 0 unspecified atom stereocenters. The molecule has 3 aromatic rings. The summed E-state index contributed by atoms with van der Waals surface area (Å²) in [6.07, 6.45) is 0. The van der Waals surface area contributed by atoms with Crippen molar-refractivity contribution in [3.63, 3.8) is 0 Å². The molecule has 4 N–H and O–H groups in total. The molecular weight excluding hydrogens is 289 g/mol. The topological polar surface area (TPSA) is 75.9 Å². The fourth-order valence-electron chi connectivity index (χ4n) is 2.15. The lowest BCUT2D eigenvalue weighted by atomic mass is 10.2. The van der Waals surface area contributed by atoms with Crippen molar-refractivity contribution in [1.82, 2.24) is 9.97 Å². The zero-order valence-corrected chi connectivity index (χ0v) is 12.4. The Labute approximate surface area is 125 Å². The molecule has 0 fully saturated rings. The Morgan fingerprint density at radius 1 is 1.14 bits per heavy atom. The Kier molecular flexibility index (Phi) is 3.44. The largest absolute Gasteiger partial charge is 0.339 e. The average Bonchev–Trinajstić information content (AvgIpc) is 2.78. The molecular formula is C14H14FN5S. The van der Waals surface area contributed by atoms with Gasteiger partial charge >= 0.3 is 0 Å². The molecule has 3 rings (SSSR count). The van der Waals surface area contributed by atoms with E-state index in [2.05, 4.69) is 20.7 Å². The Morgan fingerprint density at radius 2 is 1.95 bits per heavy atom. The summed E-state index contributed by atoms with van der Waals surface area (Å²) in [6.45, 7) is 3.84. The first kappa shape index (κ1) is 13.7. The molecule has 108 valence electrons. The number of anilines is 3. The van der Waals surface area contributed by atoms with Gasteiger partial charge in [-0.3, -0.25) is 5.43 Å². The Bertz CT molecular complexity index is 794. The molecule has 5 nitrogen and oxygen atoms in total. The number of aryl methyl sites for hydroxylation is 2. The predicted molar refractivity (Wildman–Crippen MR) is 84.4 cm³/mol. The molecule has 2 aromatic heterocycles. The van der Waals surface area contributed by atoms with Gasteiger partial charge in [0.2, 0.25) is 5.95 Å². The van der Waals surface area contributed by atoms with Crippen LogP contribution in [-0.4, -0.2) is 9.97 Å². The lowest BCUT2D eigenvalue weighted by Gasteiger charge is -2.09. The van der Waals surface area contributed by atoms with Gasteiger partial charge in [0, 0.05) is 10.6 Å². The first-order valence-corrected chi connectivity index (χ1v) is 7.16. The van der Waals surface area contributed by atoms with E-state index < -0.39 is 0 Å². The lowest BCUT2D eigenvalue weighted by molar-refractivity contribution is 0.627. The number of nitrogen functional groups attached to an aromatic ring is 1. The number of hydrogen-bond acceptors (Lipinski definition) is 6. The molecule has 21 heavy (non-hydrogen) atoms. The predicted octanol–water partition coefficient (Wildman–Crippen LogP) is 3.48. The van der Waals surface area contributed by atoms with E-state index in [1.165, 1.54) is 12.1 Å². The number of nitrogens with two attached hydrogens (primary N) is 1. The standard InChI is InChI=1S/C14H14FN5S/c1-7-3-9(15)6-10(4-7)17-12-11-5-8(2)21-13(11)19-14(18-12)20-16/h3-6H,16H2,1-2H3,(H2,17,18,19,20). The molecule has 0 saturated heterocycles. The monoisotopic (exact) mass is 303 g/mol. The SMILES string of the molecule is Cc1cc(F)cc(Nc2nc(NN)nc3sc(C)cc23)c1. The number of nitrogens with one attached hydrogen (secondary N) is 2. The zero-order chi connectivity index (χ0) is 15.0. The van der Waals surface area contributed by atoms with Gasteiger partial charge in [-0.15, -0.1) is 11.3 Å². The van der Waals surface area contributed by atoms with Crippen molar-refractivity contribution in [2.24, 2.45) is 5.84 Å². The second-order valence-corrected chi connectivity index (χ2v) is 5.99. The number of hydrazine groups is 1. The van der Waals surface area contributed by atoms with Crippen LogP contribution in [0, 0.1) is 19.7 Å². The zero-order valence-electron chi connectivity index (χ0n) is 11.6. The fraction of sp³-hybridized carbons (Fsp3) is 0.143. The van der Waals surface area contributed by atoms with Crippen molar-refractivity contribution in [3.05, 3.63) is 40.5 Å². The second kappa shape index (κ2) is 5.27. The molecule has 0 aliphatic rings. The van der Waals surface area contributed by atoms with Gasteiger partial charge in [-0.25, -0.2) is 15.2 Å². The number of thiophene rings is 1. The van der Waals surface area contributed by atoms with E-state index in [9.17, 15) is 4.39 Å². The van der Waals surface area contributed by atoms with Gasteiger partial charge in [0.05, 0.1) is 5.39 Å². The number of halogens is 1. The normalized spacial score (nSPS) is 10.9. The van der Waals surface area contributed by atoms with Crippen molar-refractivity contribution in [1.29, 1.82) is 0 Å². The van der Waals surface area contributed by atoms with Crippen LogP contribution in [0.2, 0.25) is 0 Å². The van der Waals surface area contributed by atoms with Crippen molar-refractivity contribution in [3.8, 4) is 0 Å². The number of nitrogens with zero attached hydrogens (tertiary/aromatic N) is 2. The third-order valence-electron chi connectivity index (χ3n) is 2.95. The smallest absolute Gasteiger partial charge is 0.240 e. The quantitative estimate of drug-likeness (QED) is 0.510. The van der Waals surface area contributed by atoms with Crippen LogP contribution in [0.3, 0.4) is 0 Å². The highest BCUT2D eigenvalue weighted by molar-refractivity contribution is 7.18. The average molecular weight is 303 g/mol. The molecule has 0 aliphatic heterocycles. The summed E-state index contributed by atoms with van der Waals surface area (Å²) in [6, 6.07) is 6.75. The van der Waals surface area contributed by atoms with Gasteiger partial charge in [0.25, 0.3) is 0 Å². The molecule has 0 saturated carbocycles. The lowest BCUT2D eigenvalue weighted by Crippen LogP contribution is -2.11. The number of hydrogen-bond donors (Lipinski definition) is 3. The van der Waals surface area contributed by atoms with Crippen LogP contribution in [0.4, 0.5) is 21.8 Å². The van der Waals surface area contributed by atoms with E-state index >= 15 is 0 Å². The first-order valence-electron chi connectivity index (χ1n) is 6.34.